The van der Waals surface area contributed by atoms with Crippen LogP contribution in [0.15, 0.2) is 46.2 Å². The summed E-state index contributed by atoms with van der Waals surface area (Å²) < 4.78 is 7.04. The van der Waals surface area contributed by atoms with Gasteiger partial charge in [-0.2, -0.15) is 4.98 Å². The van der Waals surface area contributed by atoms with Gasteiger partial charge in [0.1, 0.15) is 0 Å². The Balaban J connectivity index is 1.90. The summed E-state index contributed by atoms with van der Waals surface area (Å²) in [6.45, 7) is 0. The van der Waals surface area contributed by atoms with Gasteiger partial charge in [-0.3, -0.25) is 0 Å². The molecule has 2 N–H and O–H groups in total. The molecule has 2 aromatic heterocycles. The second kappa shape index (κ2) is 5.86. The number of H-pyrrole nitrogens is 1. The first-order valence-corrected chi connectivity index (χ1v) is 8.91. The summed E-state index contributed by atoms with van der Waals surface area (Å²) in [5, 5.41) is 12.4. The SMILES string of the molecule is CSc1nnc2c(n1)O[C@@H](c1ccc[nH]1)Nc1ccc(Br)cc1-2. The standard InChI is InChI=1S/C15H12BrN5OS/c1-23-15-19-14-12(20-21-15)9-7-8(16)4-5-10(9)18-13(22-14)11-3-2-6-17-11/h2-7,13,17-18H,1H3/t13-/m0/s1. The highest BCUT2D eigenvalue weighted by atomic mass is 79.9. The van der Waals surface area contributed by atoms with Gasteiger partial charge in [-0.05, 0) is 36.6 Å². The van der Waals surface area contributed by atoms with Gasteiger partial charge in [0, 0.05) is 21.9 Å². The van der Waals surface area contributed by atoms with E-state index in [9.17, 15) is 0 Å². The summed E-state index contributed by atoms with van der Waals surface area (Å²) in [5.74, 6) is 0.466. The molecule has 3 aromatic rings. The molecule has 0 bridgehead atoms. The van der Waals surface area contributed by atoms with Crippen LogP contribution in [-0.4, -0.2) is 26.4 Å². The smallest absolute Gasteiger partial charge is 0.247 e. The number of fused-ring (bicyclic) bond motifs is 3. The third kappa shape index (κ3) is 2.68. The van der Waals surface area contributed by atoms with Gasteiger partial charge in [0.2, 0.25) is 17.3 Å². The summed E-state index contributed by atoms with van der Waals surface area (Å²) in [7, 11) is 0. The molecule has 8 heteroatoms. The number of thioether (sulfide) groups is 1. The minimum Gasteiger partial charge on any atom is -0.446 e. The fourth-order valence-corrected chi connectivity index (χ4v) is 3.06. The van der Waals surface area contributed by atoms with Gasteiger partial charge in [-0.1, -0.05) is 27.7 Å². The van der Waals surface area contributed by atoms with Crippen molar-refractivity contribution in [1.29, 1.82) is 0 Å². The van der Waals surface area contributed by atoms with E-state index in [2.05, 4.69) is 41.4 Å². The number of halogens is 1. The van der Waals surface area contributed by atoms with E-state index in [0.717, 1.165) is 21.4 Å². The summed E-state index contributed by atoms with van der Waals surface area (Å²) in [5.41, 5.74) is 3.35. The Morgan fingerprint density at radius 1 is 1.26 bits per heavy atom. The summed E-state index contributed by atoms with van der Waals surface area (Å²) in [4.78, 5) is 7.65. The van der Waals surface area contributed by atoms with E-state index in [1.165, 1.54) is 11.8 Å². The van der Waals surface area contributed by atoms with Crippen LogP contribution in [-0.2, 0) is 0 Å². The van der Waals surface area contributed by atoms with Gasteiger partial charge in [0.05, 0.1) is 5.69 Å². The summed E-state index contributed by atoms with van der Waals surface area (Å²) >= 11 is 4.93. The zero-order valence-corrected chi connectivity index (χ0v) is 14.5. The second-order valence-corrected chi connectivity index (χ2v) is 6.60. The lowest BCUT2D eigenvalue weighted by Crippen LogP contribution is -2.17. The molecule has 1 atom stereocenters. The van der Waals surface area contributed by atoms with Gasteiger partial charge >= 0.3 is 0 Å². The molecule has 6 nitrogen and oxygen atoms in total. The van der Waals surface area contributed by atoms with E-state index in [1.54, 1.807) is 0 Å². The molecule has 1 aromatic carbocycles. The van der Waals surface area contributed by atoms with Crippen molar-refractivity contribution in [2.24, 2.45) is 0 Å². The quantitative estimate of drug-likeness (QED) is 0.648. The van der Waals surface area contributed by atoms with Crippen LogP contribution in [0.4, 0.5) is 5.69 Å². The number of hydrogen-bond donors (Lipinski definition) is 2. The fourth-order valence-electron chi connectivity index (χ4n) is 2.40. The maximum absolute atomic E-state index is 6.08. The molecule has 0 spiro atoms. The Hall–Kier alpha value is -2.06. The van der Waals surface area contributed by atoms with Crippen molar-refractivity contribution >= 4 is 33.4 Å². The number of aromatic nitrogens is 4. The van der Waals surface area contributed by atoms with Crippen LogP contribution in [0.5, 0.6) is 5.88 Å². The zero-order chi connectivity index (χ0) is 15.8. The number of benzene rings is 1. The van der Waals surface area contributed by atoms with Crippen LogP contribution in [0, 0.1) is 0 Å². The minimum absolute atomic E-state index is 0.377. The molecule has 0 radical (unpaired) electrons. The Morgan fingerprint density at radius 2 is 2.17 bits per heavy atom. The van der Waals surface area contributed by atoms with E-state index in [1.807, 2.05) is 42.8 Å². The van der Waals surface area contributed by atoms with Crippen LogP contribution in [0.25, 0.3) is 11.3 Å². The van der Waals surface area contributed by atoms with Crippen molar-refractivity contribution in [3.63, 3.8) is 0 Å². The van der Waals surface area contributed by atoms with Crippen molar-refractivity contribution in [3.8, 4) is 17.1 Å². The van der Waals surface area contributed by atoms with Gasteiger partial charge in [0.15, 0.2) is 5.69 Å². The lowest BCUT2D eigenvalue weighted by Gasteiger charge is -2.17. The van der Waals surface area contributed by atoms with Crippen LogP contribution >= 0.6 is 27.7 Å². The molecule has 0 amide bonds. The van der Waals surface area contributed by atoms with Gasteiger partial charge in [-0.15, -0.1) is 10.2 Å². The Morgan fingerprint density at radius 3 is 2.96 bits per heavy atom. The lowest BCUT2D eigenvalue weighted by molar-refractivity contribution is 0.221. The fraction of sp³-hybridized carbons (Fsp3) is 0.133. The zero-order valence-electron chi connectivity index (χ0n) is 12.1. The van der Waals surface area contributed by atoms with Crippen molar-refractivity contribution in [2.75, 3.05) is 11.6 Å². The molecule has 4 rings (SSSR count). The molecule has 0 saturated carbocycles. The highest BCUT2D eigenvalue weighted by Gasteiger charge is 2.26. The molecular weight excluding hydrogens is 378 g/mol. The molecule has 1 aliphatic rings. The average molecular weight is 390 g/mol. The first kappa shape index (κ1) is 14.5. The molecule has 23 heavy (non-hydrogen) atoms. The first-order valence-electron chi connectivity index (χ1n) is 6.90. The van der Waals surface area contributed by atoms with E-state index in [4.69, 9.17) is 4.74 Å². The number of hydrogen-bond acceptors (Lipinski definition) is 6. The number of ether oxygens (including phenoxy) is 1. The first-order chi connectivity index (χ1) is 11.2. The van der Waals surface area contributed by atoms with Crippen LogP contribution in [0.2, 0.25) is 0 Å². The summed E-state index contributed by atoms with van der Waals surface area (Å²) in [6, 6.07) is 9.83. The molecule has 0 unspecified atom stereocenters. The Kier molecular flexibility index (Phi) is 3.70. The third-order valence-corrected chi connectivity index (χ3v) is 4.51. The van der Waals surface area contributed by atoms with Crippen molar-refractivity contribution in [2.45, 2.75) is 11.4 Å². The van der Waals surface area contributed by atoms with Crippen molar-refractivity contribution in [3.05, 3.63) is 46.7 Å². The van der Waals surface area contributed by atoms with Crippen molar-refractivity contribution < 1.29 is 4.74 Å². The highest BCUT2D eigenvalue weighted by Crippen LogP contribution is 2.40. The monoisotopic (exact) mass is 389 g/mol. The number of aromatic amines is 1. The van der Waals surface area contributed by atoms with E-state index in [-0.39, 0.29) is 6.23 Å². The largest absolute Gasteiger partial charge is 0.446 e. The highest BCUT2D eigenvalue weighted by molar-refractivity contribution is 9.10. The van der Waals surface area contributed by atoms with Crippen LogP contribution in [0.1, 0.15) is 11.9 Å². The Bertz CT molecular complexity index is 855. The minimum atomic E-state index is -0.377. The predicted octanol–water partition coefficient (Wildman–Crippen LogP) is 3.85. The average Bonchev–Trinajstić information content (AvgIpc) is 3.05. The number of rotatable bonds is 2. The molecule has 3 heterocycles. The maximum atomic E-state index is 6.08. The number of nitrogens with zero attached hydrogens (tertiary/aromatic N) is 3. The van der Waals surface area contributed by atoms with Gasteiger partial charge in [-0.25, -0.2) is 0 Å². The molecular formula is C15H12BrN5OS. The molecule has 0 saturated heterocycles. The third-order valence-electron chi connectivity index (χ3n) is 3.48. The van der Waals surface area contributed by atoms with Gasteiger partial charge in [0.25, 0.3) is 0 Å². The van der Waals surface area contributed by atoms with E-state index in [0.29, 0.717) is 16.7 Å². The maximum Gasteiger partial charge on any atom is 0.247 e. The second-order valence-electron chi connectivity index (χ2n) is 4.91. The topological polar surface area (TPSA) is 75.7 Å². The molecule has 1 aliphatic heterocycles. The van der Waals surface area contributed by atoms with Gasteiger partial charge < -0.3 is 15.0 Å². The number of anilines is 1. The van der Waals surface area contributed by atoms with Crippen LogP contribution < -0.4 is 10.1 Å². The van der Waals surface area contributed by atoms with Crippen molar-refractivity contribution in [1.82, 2.24) is 20.2 Å². The Labute approximate surface area is 145 Å². The van der Waals surface area contributed by atoms with Crippen LogP contribution in [0.3, 0.4) is 0 Å². The summed E-state index contributed by atoms with van der Waals surface area (Å²) in [6.07, 6.45) is 3.39. The van der Waals surface area contributed by atoms with E-state index < -0.39 is 0 Å². The molecule has 0 fully saturated rings. The molecule has 0 aliphatic carbocycles. The number of nitrogens with one attached hydrogen (secondary N) is 2. The lowest BCUT2D eigenvalue weighted by atomic mass is 10.1. The van der Waals surface area contributed by atoms with E-state index >= 15 is 0 Å². The normalized spacial score (nSPS) is 15.8. The predicted molar refractivity (Wildman–Crippen MR) is 92.5 cm³/mol. The molecule has 116 valence electrons.